The second kappa shape index (κ2) is 5.31. The number of amidine groups is 1. The van der Waals surface area contributed by atoms with Gasteiger partial charge in [-0.05, 0) is 17.7 Å². The van der Waals surface area contributed by atoms with Crippen LogP contribution in [-0.4, -0.2) is 11.7 Å². The van der Waals surface area contributed by atoms with Crippen LogP contribution in [0.1, 0.15) is 16.6 Å². The summed E-state index contributed by atoms with van der Waals surface area (Å²) in [6, 6.07) is 14.4. The smallest absolute Gasteiger partial charge is 0.157 e. The summed E-state index contributed by atoms with van der Waals surface area (Å²) in [6.07, 6.45) is 1.69. The van der Waals surface area contributed by atoms with E-state index in [1.165, 1.54) is 5.56 Å². The van der Waals surface area contributed by atoms with E-state index in [2.05, 4.69) is 34.6 Å². The van der Waals surface area contributed by atoms with E-state index < -0.39 is 0 Å². The summed E-state index contributed by atoms with van der Waals surface area (Å²) >= 11 is 1.78. The van der Waals surface area contributed by atoms with Gasteiger partial charge in [0.15, 0.2) is 5.17 Å². The minimum absolute atomic E-state index is 0.435. The fourth-order valence-corrected chi connectivity index (χ4v) is 2.91. The van der Waals surface area contributed by atoms with Crippen LogP contribution in [0.5, 0.6) is 0 Å². The van der Waals surface area contributed by atoms with Gasteiger partial charge in [0, 0.05) is 0 Å². The first-order valence-electron chi connectivity index (χ1n) is 5.94. The number of furan rings is 1. The summed E-state index contributed by atoms with van der Waals surface area (Å²) in [7, 11) is 0. The molecule has 0 saturated heterocycles. The number of hydrogen-bond donors (Lipinski definition) is 1. The quantitative estimate of drug-likeness (QED) is 0.918. The van der Waals surface area contributed by atoms with E-state index in [4.69, 9.17) is 4.42 Å². The molecular weight excluding hydrogens is 244 g/mol. The maximum Gasteiger partial charge on any atom is 0.157 e. The summed E-state index contributed by atoms with van der Waals surface area (Å²) in [5.41, 5.74) is 1.33. The van der Waals surface area contributed by atoms with E-state index in [0.29, 0.717) is 11.8 Å². The van der Waals surface area contributed by atoms with Gasteiger partial charge in [0.2, 0.25) is 0 Å². The van der Waals surface area contributed by atoms with Crippen molar-refractivity contribution >= 4 is 16.9 Å². The van der Waals surface area contributed by atoms with Gasteiger partial charge in [0.1, 0.15) is 5.76 Å². The lowest BCUT2D eigenvalue weighted by molar-refractivity contribution is 0.504. The van der Waals surface area contributed by atoms with Gasteiger partial charge in [-0.15, -0.1) is 0 Å². The maximum absolute atomic E-state index is 5.28. The number of nitrogens with one attached hydrogen (secondary N) is 1. The van der Waals surface area contributed by atoms with E-state index in [0.717, 1.165) is 17.5 Å². The molecule has 1 aliphatic heterocycles. The lowest BCUT2D eigenvalue weighted by atomic mass is 10.1. The zero-order valence-corrected chi connectivity index (χ0v) is 10.7. The van der Waals surface area contributed by atoms with E-state index in [9.17, 15) is 0 Å². The average molecular weight is 258 g/mol. The monoisotopic (exact) mass is 258 g/mol. The first-order chi connectivity index (χ1) is 8.92. The second-order valence-corrected chi connectivity index (χ2v) is 5.29. The molecule has 0 fully saturated rings. The highest BCUT2D eigenvalue weighted by atomic mass is 32.2. The molecule has 2 aromatic rings. The molecule has 1 aromatic carbocycles. The Morgan fingerprint density at radius 1 is 1.22 bits per heavy atom. The fraction of sp³-hybridized carbons (Fsp3) is 0.214. The molecule has 0 bridgehead atoms. The molecule has 18 heavy (non-hydrogen) atoms. The van der Waals surface area contributed by atoms with Crippen LogP contribution in [-0.2, 0) is 6.54 Å². The molecular formula is C14H14N2OS. The maximum atomic E-state index is 5.28. The fourth-order valence-electron chi connectivity index (χ4n) is 1.89. The molecule has 3 nitrogen and oxygen atoms in total. The summed E-state index contributed by atoms with van der Waals surface area (Å²) in [5.74, 6) is 0.932. The zero-order chi connectivity index (χ0) is 12.2. The number of nitrogens with zero attached hydrogens (tertiary/aromatic N) is 1. The van der Waals surface area contributed by atoms with Crippen LogP contribution in [0.4, 0.5) is 0 Å². The van der Waals surface area contributed by atoms with Crippen LogP contribution in [0.25, 0.3) is 0 Å². The zero-order valence-electron chi connectivity index (χ0n) is 9.87. The van der Waals surface area contributed by atoms with Crippen molar-refractivity contribution in [3.05, 3.63) is 60.1 Å². The molecule has 1 N–H and O–H groups in total. The van der Waals surface area contributed by atoms with E-state index in [-0.39, 0.29) is 0 Å². The summed E-state index contributed by atoms with van der Waals surface area (Å²) in [5, 5.41) is 4.74. The lowest BCUT2D eigenvalue weighted by Gasteiger charge is -2.08. The molecule has 0 saturated carbocycles. The van der Waals surface area contributed by atoms with Gasteiger partial charge in [-0.2, -0.15) is 0 Å². The molecule has 3 rings (SSSR count). The normalized spacial score (nSPS) is 18.7. The third kappa shape index (κ3) is 2.59. The highest BCUT2D eigenvalue weighted by Crippen LogP contribution is 2.34. The molecule has 0 spiro atoms. The Bertz CT molecular complexity index is 522. The number of aliphatic imine (C=N–C) groups is 1. The summed E-state index contributed by atoms with van der Waals surface area (Å²) in [4.78, 5) is 4.52. The number of benzene rings is 1. The van der Waals surface area contributed by atoms with Gasteiger partial charge in [0.05, 0.1) is 24.6 Å². The van der Waals surface area contributed by atoms with Gasteiger partial charge in [-0.25, -0.2) is 0 Å². The Hall–Kier alpha value is -1.68. The first kappa shape index (κ1) is 11.4. The molecule has 2 heterocycles. The van der Waals surface area contributed by atoms with Crippen LogP contribution in [0.2, 0.25) is 0 Å². The van der Waals surface area contributed by atoms with Gasteiger partial charge >= 0.3 is 0 Å². The van der Waals surface area contributed by atoms with Crippen molar-refractivity contribution in [1.29, 1.82) is 0 Å². The summed E-state index contributed by atoms with van der Waals surface area (Å²) in [6.45, 7) is 1.54. The Labute approximate surface area is 110 Å². The Morgan fingerprint density at radius 3 is 2.89 bits per heavy atom. The molecule has 1 aromatic heterocycles. The molecule has 0 aliphatic carbocycles. The molecule has 1 aliphatic rings. The van der Waals surface area contributed by atoms with Crippen molar-refractivity contribution < 1.29 is 4.42 Å². The average Bonchev–Trinajstić information content (AvgIpc) is 3.09. The standard InChI is InChI=1S/C14H14N2OS/c1-2-5-11(6-3-1)13-10-16-14(18-13)15-9-12-7-4-8-17-12/h1-8,13H,9-10H2,(H,15,16). The Kier molecular flexibility index (Phi) is 3.37. The number of hydrogen-bond acceptors (Lipinski definition) is 4. The van der Waals surface area contributed by atoms with Crippen molar-refractivity contribution in [2.45, 2.75) is 11.8 Å². The van der Waals surface area contributed by atoms with Crippen LogP contribution in [0, 0.1) is 0 Å². The minimum atomic E-state index is 0.435. The third-order valence-electron chi connectivity index (χ3n) is 2.82. The van der Waals surface area contributed by atoms with Crippen molar-refractivity contribution in [2.24, 2.45) is 4.99 Å². The number of thioether (sulfide) groups is 1. The minimum Gasteiger partial charge on any atom is -0.467 e. The van der Waals surface area contributed by atoms with Gasteiger partial charge < -0.3 is 9.73 Å². The largest absolute Gasteiger partial charge is 0.467 e. The van der Waals surface area contributed by atoms with Crippen molar-refractivity contribution in [1.82, 2.24) is 5.32 Å². The predicted molar refractivity (Wildman–Crippen MR) is 74.6 cm³/mol. The van der Waals surface area contributed by atoms with E-state index in [1.54, 1.807) is 18.0 Å². The molecule has 1 unspecified atom stereocenters. The topological polar surface area (TPSA) is 37.5 Å². The van der Waals surface area contributed by atoms with Crippen molar-refractivity contribution in [3.63, 3.8) is 0 Å². The van der Waals surface area contributed by atoms with Crippen LogP contribution < -0.4 is 5.32 Å². The van der Waals surface area contributed by atoms with Crippen LogP contribution in [0.3, 0.4) is 0 Å². The van der Waals surface area contributed by atoms with Gasteiger partial charge in [-0.3, -0.25) is 4.99 Å². The SMILES string of the molecule is c1ccc(C2CN=C(NCc3ccco3)S2)cc1. The van der Waals surface area contributed by atoms with E-state index >= 15 is 0 Å². The van der Waals surface area contributed by atoms with Gasteiger partial charge in [-0.1, -0.05) is 42.1 Å². The highest BCUT2D eigenvalue weighted by Gasteiger charge is 2.20. The second-order valence-electron chi connectivity index (χ2n) is 4.10. The summed E-state index contributed by atoms with van der Waals surface area (Å²) < 4.78 is 5.28. The molecule has 0 radical (unpaired) electrons. The Balaban J connectivity index is 1.55. The number of rotatable bonds is 3. The van der Waals surface area contributed by atoms with Gasteiger partial charge in [0.25, 0.3) is 0 Å². The molecule has 92 valence electrons. The highest BCUT2D eigenvalue weighted by molar-refractivity contribution is 8.14. The van der Waals surface area contributed by atoms with Crippen LogP contribution >= 0.6 is 11.8 Å². The molecule has 4 heteroatoms. The molecule has 0 amide bonds. The Morgan fingerprint density at radius 2 is 2.11 bits per heavy atom. The van der Waals surface area contributed by atoms with E-state index in [1.807, 2.05) is 18.2 Å². The van der Waals surface area contributed by atoms with Crippen LogP contribution in [0.15, 0.2) is 58.1 Å². The lowest BCUT2D eigenvalue weighted by Crippen LogP contribution is -2.17. The first-order valence-corrected chi connectivity index (χ1v) is 6.82. The van der Waals surface area contributed by atoms with Crippen molar-refractivity contribution in [3.8, 4) is 0 Å². The third-order valence-corrected chi connectivity index (χ3v) is 4.02. The predicted octanol–water partition coefficient (Wildman–Crippen LogP) is 3.21. The van der Waals surface area contributed by atoms with Crippen molar-refractivity contribution in [2.75, 3.05) is 6.54 Å². The molecule has 1 atom stereocenters.